The third-order valence-electron chi connectivity index (χ3n) is 2.78. The number of hydrogen-bond donors (Lipinski definition) is 2. The molecule has 0 aromatic heterocycles. The fourth-order valence-electron chi connectivity index (χ4n) is 2.00. The molecule has 12 heavy (non-hydrogen) atoms. The van der Waals surface area contributed by atoms with E-state index in [0.717, 1.165) is 18.9 Å². The van der Waals surface area contributed by atoms with Gasteiger partial charge in [-0.05, 0) is 32.1 Å². The Balaban J connectivity index is 2.16. The van der Waals surface area contributed by atoms with Gasteiger partial charge in [0.05, 0.1) is 0 Å². The number of rotatable bonds is 4. The summed E-state index contributed by atoms with van der Waals surface area (Å²) in [5, 5.41) is 12.3. The van der Waals surface area contributed by atoms with E-state index in [0.29, 0.717) is 12.6 Å². The van der Waals surface area contributed by atoms with Crippen molar-refractivity contribution in [2.24, 2.45) is 0 Å². The fraction of sp³-hybridized carbons (Fsp3) is 1.00. The predicted octanol–water partition coefficient (Wildman–Crippen LogP) is 1.68. The van der Waals surface area contributed by atoms with E-state index < -0.39 is 0 Å². The second-order valence-corrected chi connectivity index (χ2v) is 3.77. The molecule has 0 radical (unpaired) electrons. The first-order valence-electron chi connectivity index (χ1n) is 5.23. The quantitative estimate of drug-likeness (QED) is 0.674. The summed E-state index contributed by atoms with van der Waals surface area (Å²) in [7, 11) is 0. The van der Waals surface area contributed by atoms with Crippen molar-refractivity contribution in [3.8, 4) is 0 Å². The molecule has 0 saturated carbocycles. The molecule has 2 nitrogen and oxygen atoms in total. The first-order valence-corrected chi connectivity index (χ1v) is 5.23. The highest BCUT2D eigenvalue weighted by Gasteiger charge is 2.18. The molecule has 2 unspecified atom stereocenters. The molecule has 2 N–H and O–H groups in total. The van der Waals surface area contributed by atoms with E-state index in [-0.39, 0.29) is 0 Å². The summed E-state index contributed by atoms with van der Waals surface area (Å²) in [6, 6.07) is 1.42. The van der Waals surface area contributed by atoms with Crippen LogP contribution in [-0.4, -0.2) is 23.8 Å². The Morgan fingerprint density at radius 3 is 2.75 bits per heavy atom. The third kappa shape index (κ3) is 3.11. The largest absolute Gasteiger partial charge is 0.396 e. The molecule has 0 aliphatic carbocycles. The number of aliphatic hydroxyl groups is 1. The Hall–Kier alpha value is -0.0800. The molecule has 0 aromatic rings. The minimum Gasteiger partial charge on any atom is -0.396 e. The highest BCUT2D eigenvalue weighted by Crippen LogP contribution is 2.17. The van der Waals surface area contributed by atoms with Crippen molar-refractivity contribution < 1.29 is 5.11 Å². The van der Waals surface area contributed by atoms with Crippen molar-refractivity contribution in [1.29, 1.82) is 0 Å². The molecule has 1 aliphatic heterocycles. The zero-order valence-electron chi connectivity index (χ0n) is 8.05. The van der Waals surface area contributed by atoms with Crippen LogP contribution in [0.25, 0.3) is 0 Å². The lowest BCUT2D eigenvalue weighted by atomic mass is 9.94. The van der Waals surface area contributed by atoms with Crippen molar-refractivity contribution in [2.45, 2.75) is 57.5 Å². The Morgan fingerprint density at radius 2 is 2.08 bits per heavy atom. The molecule has 0 spiro atoms. The van der Waals surface area contributed by atoms with E-state index in [1.807, 2.05) is 0 Å². The van der Waals surface area contributed by atoms with Gasteiger partial charge in [-0.25, -0.2) is 0 Å². The fourth-order valence-corrected chi connectivity index (χ4v) is 2.00. The molecule has 1 heterocycles. The van der Waals surface area contributed by atoms with Crippen LogP contribution in [0.5, 0.6) is 0 Å². The van der Waals surface area contributed by atoms with E-state index in [9.17, 15) is 0 Å². The molecule has 0 aromatic carbocycles. The molecule has 1 fully saturated rings. The first-order chi connectivity index (χ1) is 5.86. The summed E-state index contributed by atoms with van der Waals surface area (Å²) in [6.45, 7) is 2.58. The van der Waals surface area contributed by atoms with Crippen LogP contribution in [0.15, 0.2) is 0 Å². The number of piperidine rings is 1. The van der Waals surface area contributed by atoms with Crippen molar-refractivity contribution >= 4 is 0 Å². The van der Waals surface area contributed by atoms with E-state index in [1.54, 1.807) is 0 Å². The zero-order valence-corrected chi connectivity index (χ0v) is 8.05. The van der Waals surface area contributed by atoms with Gasteiger partial charge in [0.2, 0.25) is 0 Å². The van der Waals surface area contributed by atoms with Gasteiger partial charge in [0, 0.05) is 18.7 Å². The number of hydrogen-bond acceptors (Lipinski definition) is 2. The van der Waals surface area contributed by atoms with Crippen molar-refractivity contribution in [3.05, 3.63) is 0 Å². The lowest BCUT2D eigenvalue weighted by Gasteiger charge is -2.30. The van der Waals surface area contributed by atoms with Crippen LogP contribution in [0.2, 0.25) is 0 Å². The summed E-state index contributed by atoms with van der Waals surface area (Å²) >= 11 is 0. The van der Waals surface area contributed by atoms with Crippen molar-refractivity contribution in [1.82, 2.24) is 5.32 Å². The Labute approximate surface area is 75.4 Å². The van der Waals surface area contributed by atoms with Crippen LogP contribution in [0.1, 0.15) is 45.4 Å². The minimum absolute atomic E-state index is 0.342. The normalized spacial score (nSPS) is 30.5. The summed E-state index contributed by atoms with van der Waals surface area (Å²) in [5.41, 5.74) is 0. The van der Waals surface area contributed by atoms with E-state index in [2.05, 4.69) is 12.2 Å². The zero-order chi connectivity index (χ0) is 8.81. The molecule has 2 heteroatoms. The summed E-state index contributed by atoms with van der Waals surface area (Å²) in [4.78, 5) is 0. The average Bonchev–Trinajstić information content (AvgIpc) is 2.15. The van der Waals surface area contributed by atoms with Crippen LogP contribution in [-0.2, 0) is 0 Å². The van der Waals surface area contributed by atoms with E-state index in [1.165, 1.54) is 25.7 Å². The van der Waals surface area contributed by atoms with Crippen LogP contribution < -0.4 is 5.32 Å². The molecule has 72 valence electrons. The van der Waals surface area contributed by atoms with E-state index >= 15 is 0 Å². The SMILES string of the molecule is CCC1CCCC(CCCO)N1. The maximum atomic E-state index is 8.69. The number of aliphatic hydroxyl groups excluding tert-OH is 1. The molecular weight excluding hydrogens is 150 g/mol. The third-order valence-corrected chi connectivity index (χ3v) is 2.78. The van der Waals surface area contributed by atoms with Gasteiger partial charge < -0.3 is 10.4 Å². The monoisotopic (exact) mass is 171 g/mol. The predicted molar refractivity (Wildman–Crippen MR) is 51.2 cm³/mol. The molecule has 1 aliphatic rings. The van der Waals surface area contributed by atoms with Gasteiger partial charge in [0.1, 0.15) is 0 Å². The molecule has 0 amide bonds. The second-order valence-electron chi connectivity index (χ2n) is 3.77. The molecule has 1 saturated heterocycles. The van der Waals surface area contributed by atoms with Crippen LogP contribution in [0.3, 0.4) is 0 Å². The molecule has 0 bridgehead atoms. The number of nitrogens with one attached hydrogen (secondary N) is 1. The Kier molecular flexibility index (Phi) is 4.62. The molecule has 1 rings (SSSR count). The molecule has 2 atom stereocenters. The van der Waals surface area contributed by atoms with Crippen molar-refractivity contribution in [2.75, 3.05) is 6.61 Å². The van der Waals surface area contributed by atoms with Gasteiger partial charge in [-0.15, -0.1) is 0 Å². The van der Waals surface area contributed by atoms with Gasteiger partial charge in [-0.1, -0.05) is 13.3 Å². The maximum Gasteiger partial charge on any atom is 0.0431 e. The summed E-state index contributed by atoms with van der Waals surface area (Å²) in [6.07, 6.45) is 7.35. The van der Waals surface area contributed by atoms with Gasteiger partial charge in [-0.2, -0.15) is 0 Å². The topological polar surface area (TPSA) is 32.3 Å². The maximum absolute atomic E-state index is 8.69. The van der Waals surface area contributed by atoms with Crippen LogP contribution in [0, 0.1) is 0 Å². The lowest BCUT2D eigenvalue weighted by Crippen LogP contribution is -2.41. The summed E-state index contributed by atoms with van der Waals surface area (Å²) in [5.74, 6) is 0. The van der Waals surface area contributed by atoms with Gasteiger partial charge in [0.25, 0.3) is 0 Å². The first kappa shape index (κ1) is 10.0. The smallest absolute Gasteiger partial charge is 0.0431 e. The van der Waals surface area contributed by atoms with Gasteiger partial charge >= 0.3 is 0 Å². The highest BCUT2D eigenvalue weighted by atomic mass is 16.2. The van der Waals surface area contributed by atoms with E-state index in [4.69, 9.17) is 5.11 Å². The van der Waals surface area contributed by atoms with Crippen LogP contribution >= 0.6 is 0 Å². The van der Waals surface area contributed by atoms with Gasteiger partial charge in [0.15, 0.2) is 0 Å². The minimum atomic E-state index is 0.342. The highest BCUT2D eigenvalue weighted by molar-refractivity contribution is 4.79. The average molecular weight is 171 g/mol. The van der Waals surface area contributed by atoms with Gasteiger partial charge in [-0.3, -0.25) is 0 Å². The Bertz CT molecular complexity index is 116. The van der Waals surface area contributed by atoms with Crippen LogP contribution in [0.4, 0.5) is 0 Å². The standard InChI is InChI=1S/C10H21NO/c1-2-9-5-3-6-10(11-9)7-4-8-12/h9-12H,2-8H2,1H3. The Morgan fingerprint density at radius 1 is 1.33 bits per heavy atom. The van der Waals surface area contributed by atoms with Crippen molar-refractivity contribution in [3.63, 3.8) is 0 Å². The summed E-state index contributed by atoms with van der Waals surface area (Å²) < 4.78 is 0. The lowest BCUT2D eigenvalue weighted by molar-refractivity contribution is 0.250. The second kappa shape index (κ2) is 5.55. The molecular formula is C10H21NO.